The Bertz CT molecular complexity index is 684. The van der Waals surface area contributed by atoms with Crippen molar-refractivity contribution in [2.75, 3.05) is 0 Å². The van der Waals surface area contributed by atoms with Gasteiger partial charge in [-0.15, -0.1) is 0 Å². The molecule has 0 saturated heterocycles. The van der Waals surface area contributed by atoms with Crippen LogP contribution < -0.4 is 0 Å². The second-order valence-electron chi connectivity index (χ2n) is 6.60. The van der Waals surface area contributed by atoms with Gasteiger partial charge in [0.15, 0.2) is 0 Å². The van der Waals surface area contributed by atoms with Crippen LogP contribution in [-0.4, -0.2) is 15.5 Å². The van der Waals surface area contributed by atoms with Crippen LogP contribution >= 0.6 is 0 Å². The number of aromatic nitrogens is 2. The zero-order valence-corrected chi connectivity index (χ0v) is 12.6. The zero-order chi connectivity index (χ0) is 15.2. The average Bonchev–Trinajstić information content (AvgIpc) is 3.08. The third-order valence-corrected chi connectivity index (χ3v) is 5.13. The largest absolute Gasteiger partial charge is 0.326 e. The molecule has 22 heavy (non-hydrogen) atoms. The number of fused-ring (bicyclic) bond motifs is 3. The molecule has 4 rings (SSSR count). The van der Waals surface area contributed by atoms with Crippen LogP contribution in [0.2, 0.25) is 0 Å². The number of halogens is 2. The maximum atomic E-state index is 14.7. The first-order valence-corrected chi connectivity index (χ1v) is 8.15. The molecule has 2 aromatic rings. The summed E-state index contributed by atoms with van der Waals surface area (Å²) in [7, 11) is 0. The van der Waals surface area contributed by atoms with Crippen LogP contribution in [0.4, 0.5) is 8.78 Å². The SMILES string of the molecule is FC(F)(Cc1ncn2c1-c1ccccc1C2)C1CCCCC1. The minimum absolute atomic E-state index is 0.228. The highest BCUT2D eigenvalue weighted by atomic mass is 19.3. The molecule has 1 aliphatic carbocycles. The first-order valence-electron chi connectivity index (χ1n) is 8.15. The lowest BCUT2D eigenvalue weighted by Gasteiger charge is -2.29. The molecular formula is C18H20F2N2. The van der Waals surface area contributed by atoms with E-state index in [2.05, 4.69) is 11.1 Å². The van der Waals surface area contributed by atoms with Crippen LogP contribution in [0, 0.1) is 5.92 Å². The number of rotatable bonds is 3. The topological polar surface area (TPSA) is 17.8 Å². The second kappa shape index (κ2) is 5.18. The van der Waals surface area contributed by atoms with Gasteiger partial charge in [0.1, 0.15) is 0 Å². The van der Waals surface area contributed by atoms with Crippen molar-refractivity contribution in [1.29, 1.82) is 0 Å². The summed E-state index contributed by atoms with van der Waals surface area (Å²) >= 11 is 0. The fourth-order valence-corrected chi connectivity index (χ4v) is 3.95. The Morgan fingerprint density at radius 3 is 2.73 bits per heavy atom. The van der Waals surface area contributed by atoms with Gasteiger partial charge in [-0.3, -0.25) is 0 Å². The number of nitrogens with zero attached hydrogens (tertiary/aromatic N) is 2. The second-order valence-corrected chi connectivity index (χ2v) is 6.60. The number of alkyl halides is 2. The Morgan fingerprint density at radius 1 is 1.14 bits per heavy atom. The van der Waals surface area contributed by atoms with E-state index in [-0.39, 0.29) is 6.42 Å². The van der Waals surface area contributed by atoms with Crippen LogP contribution in [-0.2, 0) is 13.0 Å². The van der Waals surface area contributed by atoms with Gasteiger partial charge in [0.25, 0.3) is 5.92 Å². The molecule has 0 atom stereocenters. The third kappa shape index (κ3) is 2.25. The van der Waals surface area contributed by atoms with E-state index in [0.29, 0.717) is 18.5 Å². The molecule has 1 aromatic carbocycles. The first kappa shape index (κ1) is 13.9. The molecule has 1 aromatic heterocycles. The molecule has 1 saturated carbocycles. The van der Waals surface area contributed by atoms with Crippen LogP contribution in [0.5, 0.6) is 0 Å². The average molecular weight is 302 g/mol. The number of hydrogen-bond donors (Lipinski definition) is 0. The Labute approximate surface area is 129 Å². The van der Waals surface area contributed by atoms with Crippen molar-refractivity contribution >= 4 is 0 Å². The van der Waals surface area contributed by atoms with Crippen LogP contribution in [0.25, 0.3) is 11.3 Å². The summed E-state index contributed by atoms with van der Waals surface area (Å²) < 4.78 is 31.3. The molecular weight excluding hydrogens is 282 g/mol. The van der Waals surface area contributed by atoms with E-state index in [1.165, 1.54) is 5.56 Å². The molecule has 0 spiro atoms. The van der Waals surface area contributed by atoms with E-state index < -0.39 is 11.8 Å². The molecule has 0 bridgehead atoms. The van der Waals surface area contributed by atoms with E-state index in [4.69, 9.17) is 0 Å². The van der Waals surface area contributed by atoms with Gasteiger partial charge in [0, 0.05) is 18.0 Å². The van der Waals surface area contributed by atoms with Crippen molar-refractivity contribution < 1.29 is 8.78 Å². The predicted molar refractivity (Wildman–Crippen MR) is 82.0 cm³/mol. The fourth-order valence-electron chi connectivity index (χ4n) is 3.95. The molecule has 0 unspecified atom stereocenters. The summed E-state index contributed by atoms with van der Waals surface area (Å²) in [6.07, 6.45) is 5.75. The maximum absolute atomic E-state index is 14.7. The molecule has 1 aliphatic heterocycles. The molecule has 2 heterocycles. The van der Waals surface area contributed by atoms with E-state index in [1.807, 2.05) is 22.8 Å². The van der Waals surface area contributed by atoms with Gasteiger partial charge in [-0.05, 0) is 18.4 Å². The van der Waals surface area contributed by atoms with Crippen molar-refractivity contribution in [1.82, 2.24) is 9.55 Å². The number of benzene rings is 1. The monoisotopic (exact) mass is 302 g/mol. The van der Waals surface area contributed by atoms with Gasteiger partial charge in [-0.2, -0.15) is 0 Å². The Hall–Kier alpha value is -1.71. The molecule has 0 N–H and O–H groups in total. The molecule has 116 valence electrons. The van der Waals surface area contributed by atoms with Crippen LogP contribution in [0.1, 0.15) is 43.4 Å². The smallest absolute Gasteiger partial charge is 0.256 e. The summed E-state index contributed by atoms with van der Waals surface area (Å²) in [5, 5.41) is 0. The standard InChI is InChI=1S/C18H20F2N2/c19-18(20,14-7-2-1-3-8-14)10-16-17-15-9-5-4-6-13(15)11-22(17)12-21-16/h4-6,9,12,14H,1-3,7-8,10-11H2. The highest BCUT2D eigenvalue weighted by molar-refractivity contribution is 5.70. The Kier molecular flexibility index (Phi) is 3.28. The van der Waals surface area contributed by atoms with Crippen molar-refractivity contribution in [2.24, 2.45) is 5.92 Å². The normalized spacial score (nSPS) is 18.3. The summed E-state index contributed by atoms with van der Waals surface area (Å²) in [5.41, 5.74) is 3.71. The number of imidazole rings is 1. The van der Waals surface area contributed by atoms with Crippen molar-refractivity contribution in [2.45, 2.75) is 51.0 Å². The first-order chi connectivity index (χ1) is 10.6. The highest BCUT2D eigenvalue weighted by Gasteiger charge is 2.41. The number of hydrogen-bond acceptors (Lipinski definition) is 1. The van der Waals surface area contributed by atoms with Gasteiger partial charge >= 0.3 is 0 Å². The summed E-state index contributed by atoms with van der Waals surface area (Å²) in [4.78, 5) is 4.30. The summed E-state index contributed by atoms with van der Waals surface area (Å²) in [6, 6.07) is 8.03. The molecule has 0 radical (unpaired) electrons. The van der Waals surface area contributed by atoms with Crippen molar-refractivity contribution in [3.05, 3.63) is 41.9 Å². The van der Waals surface area contributed by atoms with E-state index in [0.717, 1.165) is 37.1 Å². The van der Waals surface area contributed by atoms with Crippen LogP contribution in [0.3, 0.4) is 0 Å². The Morgan fingerprint density at radius 2 is 1.91 bits per heavy atom. The quantitative estimate of drug-likeness (QED) is 0.687. The van der Waals surface area contributed by atoms with E-state index in [1.54, 1.807) is 6.33 Å². The van der Waals surface area contributed by atoms with Crippen molar-refractivity contribution in [3.8, 4) is 11.3 Å². The van der Waals surface area contributed by atoms with Gasteiger partial charge in [0.05, 0.1) is 24.1 Å². The molecule has 2 nitrogen and oxygen atoms in total. The lowest BCUT2D eigenvalue weighted by molar-refractivity contribution is -0.0704. The lowest BCUT2D eigenvalue weighted by Crippen LogP contribution is -2.32. The van der Waals surface area contributed by atoms with Gasteiger partial charge < -0.3 is 4.57 Å². The lowest BCUT2D eigenvalue weighted by atomic mass is 9.82. The molecule has 0 amide bonds. The van der Waals surface area contributed by atoms with Gasteiger partial charge in [-0.25, -0.2) is 13.8 Å². The molecule has 2 aliphatic rings. The molecule has 4 heteroatoms. The predicted octanol–water partition coefficient (Wildman–Crippen LogP) is 4.67. The third-order valence-electron chi connectivity index (χ3n) is 5.13. The van der Waals surface area contributed by atoms with Crippen molar-refractivity contribution in [3.63, 3.8) is 0 Å². The fraction of sp³-hybridized carbons (Fsp3) is 0.500. The summed E-state index contributed by atoms with van der Waals surface area (Å²) in [5.74, 6) is -3.12. The Balaban J connectivity index is 1.63. The van der Waals surface area contributed by atoms with Gasteiger partial charge in [0.2, 0.25) is 0 Å². The minimum Gasteiger partial charge on any atom is -0.326 e. The maximum Gasteiger partial charge on any atom is 0.256 e. The van der Waals surface area contributed by atoms with Gasteiger partial charge in [-0.1, -0.05) is 43.5 Å². The minimum atomic E-state index is -2.65. The highest BCUT2D eigenvalue weighted by Crippen LogP contribution is 2.41. The van der Waals surface area contributed by atoms with E-state index in [9.17, 15) is 8.78 Å². The zero-order valence-electron chi connectivity index (χ0n) is 12.6. The van der Waals surface area contributed by atoms with Crippen LogP contribution in [0.15, 0.2) is 30.6 Å². The van der Waals surface area contributed by atoms with E-state index >= 15 is 0 Å². The molecule has 1 fully saturated rings. The summed E-state index contributed by atoms with van der Waals surface area (Å²) in [6.45, 7) is 0.744.